The van der Waals surface area contributed by atoms with Crippen molar-refractivity contribution in [1.29, 1.82) is 0 Å². The Bertz CT molecular complexity index is 998. The summed E-state index contributed by atoms with van der Waals surface area (Å²) in [7, 11) is 0. The molecule has 3 heterocycles. The first-order chi connectivity index (χ1) is 13.1. The van der Waals surface area contributed by atoms with E-state index in [1.165, 1.54) is 0 Å². The number of hydrogen-bond donors (Lipinski definition) is 1. The highest BCUT2D eigenvalue weighted by atomic mass is 35.5. The van der Waals surface area contributed by atoms with Crippen LogP contribution in [0.5, 0.6) is 0 Å². The van der Waals surface area contributed by atoms with E-state index >= 15 is 0 Å². The van der Waals surface area contributed by atoms with Crippen LogP contribution in [0.25, 0.3) is 5.65 Å². The van der Waals surface area contributed by atoms with Gasteiger partial charge in [0.2, 0.25) is 6.10 Å². The fourth-order valence-electron chi connectivity index (χ4n) is 2.94. The van der Waals surface area contributed by atoms with Crippen molar-refractivity contribution in [2.75, 3.05) is 6.54 Å². The molecule has 0 aliphatic carbocycles. The SMILES string of the molecule is O=C(NCCc1cn2ccccc2n1)[C@H]1CC(c2ccc(Cl)cc2Cl)=NO1. The molecule has 0 unspecified atom stereocenters. The molecule has 0 saturated carbocycles. The Hall–Kier alpha value is -2.57. The average Bonchev–Trinajstić information content (AvgIpc) is 3.28. The maximum atomic E-state index is 12.3. The minimum atomic E-state index is -0.659. The highest BCUT2D eigenvalue weighted by Gasteiger charge is 2.29. The van der Waals surface area contributed by atoms with Crippen molar-refractivity contribution in [3.8, 4) is 0 Å². The normalized spacial score (nSPS) is 16.2. The molecular formula is C19H16Cl2N4O2. The van der Waals surface area contributed by atoms with Crippen molar-refractivity contribution >= 4 is 40.5 Å². The van der Waals surface area contributed by atoms with Crippen LogP contribution in [-0.4, -0.2) is 33.7 Å². The molecule has 1 aromatic carbocycles. The van der Waals surface area contributed by atoms with Gasteiger partial charge in [-0.05, 0) is 24.3 Å². The summed E-state index contributed by atoms with van der Waals surface area (Å²) < 4.78 is 1.95. The van der Waals surface area contributed by atoms with Gasteiger partial charge in [0.15, 0.2) is 0 Å². The van der Waals surface area contributed by atoms with Gasteiger partial charge in [0, 0.05) is 42.4 Å². The number of benzene rings is 1. The van der Waals surface area contributed by atoms with E-state index in [1.807, 2.05) is 35.0 Å². The van der Waals surface area contributed by atoms with Crippen LogP contribution in [0.1, 0.15) is 17.7 Å². The smallest absolute Gasteiger partial charge is 0.264 e. The number of aromatic nitrogens is 2. The lowest BCUT2D eigenvalue weighted by molar-refractivity contribution is -0.131. The molecule has 27 heavy (non-hydrogen) atoms. The molecule has 1 aliphatic heterocycles. The van der Waals surface area contributed by atoms with Gasteiger partial charge >= 0.3 is 0 Å². The second-order valence-electron chi connectivity index (χ2n) is 6.20. The van der Waals surface area contributed by atoms with Gasteiger partial charge in [-0.25, -0.2) is 4.98 Å². The Morgan fingerprint density at radius 3 is 3.00 bits per heavy atom. The van der Waals surface area contributed by atoms with E-state index in [0.717, 1.165) is 16.9 Å². The van der Waals surface area contributed by atoms with Crippen molar-refractivity contribution in [2.45, 2.75) is 18.9 Å². The zero-order chi connectivity index (χ0) is 18.8. The molecular weight excluding hydrogens is 387 g/mol. The van der Waals surface area contributed by atoms with Crippen molar-refractivity contribution in [3.05, 3.63) is 70.1 Å². The molecule has 0 fully saturated rings. The predicted molar refractivity (Wildman–Crippen MR) is 104 cm³/mol. The standard InChI is InChI=1S/C19H16Cl2N4O2/c20-12-4-5-14(15(21)9-12)16-10-17(27-24-16)19(26)22-7-6-13-11-25-8-2-1-3-18(25)23-13/h1-5,8-9,11,17H,6-7,10H2,(H,22,26)/t17-/m1/s1. The average molecular weight is 403 g/mol. The molecule has 2 aromatic heterocycles. The maximum Gasteiger partial charge on any atom is 0.264 e. The van der Waals surface area contributed by atoms with Crippen LogP contribution in [0.3, 0.4) is 0 Å². The zero-order valence-electron chi connectivity index (χ0n) is 14.2. The van der Waals surface area contributed by atoms with Crippen molar-refractivity contribution in [3.63, 3.8) is 0 Å². The van der Waals surface area contributed by atoms with E-state index in [4.69, 9.17) is 28.0 Å². The van der Waals surface area contributed by atoms with Crippen LogP contribution < -0.4 is 5.32 Å². The van der Waals surface area contributed by atoms with Gasteiger partial charge in [-0.2, -0.15) is 0 Å². The van der Waals surface area contributed by atoms with E-state index in [2.05, 4.69) is 15.5 Å². The minimum absolute atomic E-state index is 0.206. The van der Waals surface area contributed by atoms with Crippen LogP contribution in [0.2, 0.25) is 10.0 Å². The van der Waals surface area contributed by atoms with Crippen molar-refractivity contribution < 1.29 is 9.63 Å². The topological polar surface area (TPSA) is 68.0 Å². The molecule has 0 spiro atoms. The summed E-state index contributed by atoms with van der Waals surface area (Å²) in [6, 6.07) is 11.0. The number of imidazole rings is 1. The lowest BCUT2D eigenvalue weighted by Gasteiger charge is -2.09. The second-order valence-corrected chi connectivity index (χ2v) is 7.04. The number of pyridine rings is 1. The van der Waals surface area contributed by atoms with Gasteiger partial charge in [-0.1, -0.05) is 40.5 Å². The first-order valence-electron chi connectivity index (χ1n) is 8.48. The number of nitrogens with zero attached hydrogens (tertiary/aromatic N) is 3. The van der Waals surface area contributed by atoms with E-state index in [1.54, 1.807) is 18.2 Å². The lowest BCUT2D eigenvalue weighted by Crippen LogP contribution is -2.36. The van der Waals surface area contributed by atoms with Crippen LogP contribution in [-0.2, 0) is 16.1 Å². The van der Waals surface area contributed by atoms with Gasteiger partial charge in [0.1, 0.15) is 5.65 Å². The lowest BCUT2D eigenvalue weighted by atomic mass is 10.0. The largest absolute Gasteiger partial charge is 0.382 e. The summed E-state index contributed by atoms with van der Waals surface area (Å²) in [4.78, 5) is 22.1. The highest BCUT2D eigenvalue weighted by molar-refractivity contribution is 6.37. The Labute approximate surface area is 165 Å². The second kappa shape index (κ2) is 7.58. The van der Waals surface area contributed by atoms with Gasteiger partial charge in [-0.3, -0.25) is 4.79 Å². The summed E-state index contributed by atoms with van der Waals surface area (Å²) in [5, 5.41) is 7.91. The minimum Gasteiger partial charge on any atom is -0.382 e. The molecule has 3 aromatic rings. The van der Waals surface area contributed by atoms with Gasteiger partial charge in [0.05, 0.1) is 16.4 Å². The molecule has 0 bridgehead atoms. The fourth-order valence-corrected chi connectivity index (χ4v) is 3.45. The summed E-state index contributed by atoms with van der Waals surface area (Å²) in [6.07, 6.45) is 4.24. The summed E-state index contributed by atoms with van der Waals surface area (Å²) in [6.45, 7) is 0.472. The Morgan fingerprint density at radius 1 is 1.30 bits per heavy atom. The molecule has 0 saturated heterocycles. The Morgan fingerprint density at radius 2 is 2.19 bits per heavy atom. The number of carbonyl (C=O) groups is 1. The summed E-state index contributed by atoms with van der Waals surface area (Å²) in [5.41, 5.74) is 3.16. The van der Waals surface area contributed by atoms with Crippen LogP contribution in [0, 0.1) is 0 Å². The molecule has 1 N–H and O–H groups in total. The predicted octanol–water partition coefficient (Wildman–Crippen LogP) is 3.49. The molecule has 6 nitrogen and oxygen atoms in total. The third-order valence-electron chi connectivity index (χ3n) is 4.30. The molecule has 1 amide bonds. The number of amides is 1. The van der Waals surface area contributed by atoms with Crippen LogP contribution >= 0.6 is 23.2 Å². The molecule has 1 atom stereocenters. The van der Waals surface area contributed by atoms with Crippen LogP contribution in [0.15, 0.2) is 53.9 Å². The number of rotatable bonds is 5. The van der Waals surface area contributed by atoms with E-state index in [-0.39, 0.29) is 5.91 Å². The number of hydrogen-bond acceptors (Lipinski definition) is 4. The Kier molecular flexibility index (Phi) is 5.01. The molecule has 8 heteroatoms. The van der Waals surface area contributed by atoms with E-state index < -0.39 is 6.10 Å². The van der Waals surface area contributed by atoms with Crippen LogP contribution in [0.4, 0.5) is 0 Å². The number of oxime groups is 1. The van der Waals surface area contributed by atoms with E-state index in [0.29, 0.717) is 35.1 Å². The third kappa shape index (κ3) is 3.91. The van der Waals surface area contributed by atoms with Gasteiger partial charge in [0.25, 0.3) is 5.91 Å². The zero-order valence-corrected chi connectivity index (χ0v) is 15.7. The van der Waals surface area contributed by atoms with Crippen molar-refractivity contribution in [2.24, 2.45) is 5.16 Å². The summed E-state index contributed by atoms with van der Waals surface area (Å²) >= 11 is 12.1. The number of carbonyl (C=O) groups excluding carboxylic acids is 1. The third-order valence-corrected chi connectivity index (χ3v) is 4.85. The Balaban J connectivity index is 1.30. The molecule has 138 valence electrons. The van der Waals surface area contributed by atoms with Gasteiger partial charge < -0.3 is 14.6 Å². The number of nitrogens with one attached hydrogen (secondary N) is 1. The monoisotopic (exact) mass is 402 g/mol. The number of fused-ring (bicyclic) bond motifs is 1. The first-order valence-corrected chi connectivity index (χ1v) is 9.24. The molecule has 4 rings (SSSR count). The van der Waals surface area contributed by atoms with Crippen molar-refractivity contribution in [1.82, 2.24) is 14.7 Å². The summed E-state index contributed by atoms with van der Waals surface area (Å²) in [5.74, 6) is -0.206. The molecule has 1 aliphatic rings. The first kappa shape index (κ1) is 17.8. The molecule has 0 radical (unpaired) electrons. The van der Waals surface area contributed by atoms with E-state index in [9.17, 15) is 4.79 Å². The highest BCUT2D eigenvalue weighted by Crippen LogP contribution is 2.26. The number of halogens is 2. The quantitative estimate of drug-likeness (QED) is 0.709. The maximum absolute atomic E-state index is 12.3. The fraction of sp³-hybridized carbons (Fsp3) is 0.211. The van der Waals surface area contributed by atoms with Gasteiger partial charge in [-0.15, -0.1) is 0 Å².